The van der Waals surface area contributed by atoms with Crippen molar-refractivity contribution in [2.45, 2.75) is 12.5 Å². The molecule has 1 aliphatic heterocycles. The van der Waals surface area contributed by atoms with Crippen molar-refractivity contribution in [3.63, 3.8) is 0 Å². The summed E-state index contributed by atoms with van der Waals surface area (Å²) in [7, 11) is 0. The van der Waals surface area contributed by atoms with E-state index < -0.39 is 0 Å². The summed E-state index contributed by atoms with van der Waals surface area (Å²) in [5, 5.41) is 0. The van der Waals surface area contributed by atoms with Gasteiger partial charge < -0.3 is 18.9 Å². The lowest BCUT2D eigenvalue weighted by Crippen LogP contribution is -2.12. The Hall–Kier alpha value is -2.66. The van der Waals surface area contributed by atoms with Crippen molar-refractivity contribution >= 4 is 0 Å². The van der Waals surface area contributed by atoms with E-state index in [1.807, 2.05) is 12.1 Å². The van der Waals surface area contributed by atoms with Gasteiger partial charge >= 0.3 is 0 Å². The van der Waals surface area contributed by atoms with E-state index in [0.29, 0.717) is 39.1 Å². The van der Waals surface area contributed by atoms with Gasteiger partial charge in [-0.15, -0.1) is 0 Å². The van der Waals surface area contributed by atoms with Crippen LogP contribution in [0.3, 0.4) is 0 Å². The van der Waals surface area contributed by atoms with Gasteiger partial charge in [-0.1, -0.05) is 54.6 Å². The second kappa shape index (κ2) is 9.00. The van der Waals surface area contributed by atoms with Gasteiger partial charge in [0.15, 0.2) is 0 Å². The molecule has 0 radical (unpaired) electrons. The summed E-state index contributed by atoms with van der Waals surface area (Å²) in [5.74, 6) is 0.861. The highest BCUT2D eigenvalue weighted by Crippen LogP contribution is 2.41. The van der Waals surface area contributed by atoms with Crippen molar-refractivity contribution in [3.8, 4) is 28.0 Å². The Kier molecular flexibility index (Phi) is 5.80. The van der Waals surface area contributed by atoms with E-state index in [-0.39, 0.29) is 0 Å². The molecule has 4 heteroatoms. The summed E-state index contributed by atoms with van der Waals surface area (Å²) in [6, 6.07) is 23.6. The van der Waals surface area contributed by atoms with Crippen LogP contribution in [0.15, 0.2) is 66.7 Å². The maximum Gasteiger partial charge on any atom is 0.119 e. The number of hydrogen-bond acceptors (Lipinski definition) is 4. The minimum atomic E-state index is 0.309. The lowest BCUT2D eigenvalue weighted by molar-refractivity contribution is 0.0317. The van der Waals surface area contributed by atoms with Crippen molar-refractivity contribution in [2.24, 2.45) is 0 Å². The van der Waals surface area contributed by atoms with E-state index in [1.54, 1.807) is 0 Å². The largest absolute Gasteiger partial charge is 0.491 e. The fourth-order valence-corrected chi connectivity index (χ4v) is 3.98. The third-order valence-corrected chi connectivity index (χ3v) is 5.59. The van der Waals surface area contributed by atoms with Crippen LogP contribution in [0.1, 0.15) is 11.1 Å². The number of hydrogen-bond donors (Lipinski definition) is 0. The number of rotatable bonds is 10. The van der Waals surface area contributed by atoms with Crippen molar-refractivity contribution in [3.05, 3.63) is 77.9 Å². The molecule has 0 saturated carbocycles. The number of benzene rings is 3. The minimum absolute atomic E-state index is 0.309. The first-order chi connectivity index (χ1) is 14.9. The Labute approximate surface area is 177 Å². The molecule has 1 unspecified atom stereocenters. The minimum Gasteiger partial charge on any atom is -0.491 e. The predicted octanol–water partition coefficient (Wildman–Crippen LogP) is 4.74. The van der Waals surface area contributed by atoms with Crippen LogP contribution in [0.25, 0.3) is 22.3 Å². The van der Waals surface area contributed by atoms with Crippen molar-refractivity contribution < 1.29 is 18.9 Å². The molecule has 1 saturated heterocycles. The van der Waals surface area contributed by atoms with E-state index in [9.17, 15) is 0 Å². The normalized spacial score (nSPS) is 16.2. The zero-order valence-electron chi connectivity index (χ0n) is 17.0. The van der Waals surface area contributed by atoms with Gasteiger partial charge in [-0.2, -0.15) is 0 Å². The first-order valence-electron chi connectivity index (χ1n) is 10.6. The number of epoxide rings is 1. The fraction of sp³-hybridized carbons (Fsp3) is 0.308. The zero-order valence-corrected chi connectivity index (χ0v) is 17.0. The highest BCUT2D eigenvalue weighted by molar-refractivity contribution is 5.84. The van der Waals surface area contributed by atoms with Crippen molar-refractivity contribution in [1.82, 2.24) is 0 Å². The number of fused-ring (bicyclic) bond motifs is 3. The second-order valence-corrected chi connectivity index (χ2v) is 7.68. The Morgan fingerprint density at radius 1 is 0.733 bits per heavy atom. The lowest BCUT2D eigenvalue weighted by atomic mass is 9.96. The molecule has 30 heavy (non-hydrogen) atoms. The van der Waals surface area contributed by atoms with Gasteiger partial charge in [-0.25, -0.2) is 0 Å². The summed E-state index contributed by atoms with van der Waals surface area (Å²) in [5.41, 5.74) is 8.06. The summed E-state index contributed by atoms with van der Waals surface area (Å²) in [6.45, 7) is 3.75. The lowest BCUT2D eigenvalue weighted by Gasteiger charge is -2.11. The summed E-state index contributed by atoms with van der Waals surface area (Å²) in [4.78, 5) is 0. The highest BCUT2D eigenvalue weighted by atomic mass is 16.6. The Morgan fingerprint density at radius 3 is 2.33 bits per heavy atom. The third-order valence-electron chi connectivity index (χ3n) is 5.59. The monoisotopic (exact) mass is 402 g/mol. The standard InChI is InChI=1S/C26H26O4/c1-2-5-24-20(4-1)16-26-23(6-3-7-25(24)26)19-8-10-21(11-9-19)29-15-14-27-12-13-28-17-22-18-30-22/h1-11,22H,12-18H2. The van der Waals surface area contributed by atoms with E-state index in [4.69, 9.17) is 18.9 Å². The molecule has 0 aromatic heterocycles. The van der Waals surface area contributed by atoms with Crippen LogP contribution in [-0.2, 0) is 20.6 Å². The Bertz CT molecular complexity index is 992. The maximum atomic E-state index is 5.81. The summed E-state index contributed by atoms with van der Waals surface area (Å²) < 4.78 is 21.9. The molecule has 2 aliphatic rings. The first-order valence-corrected chi connectivity index (χ1v) is 10.6. The molecule has 1 fully saturated rings. The summed E-state index contributed by atoms with van der Waals surface area (Å²) >= 11 is 0. The Morgan fingerprint density at radius 2 is 1.47 bits per heavy atom. The van der Waals surface area contributed by atoms with Gasteiger partial charge in [-0.3, -0.25) is 0 Å². The molecule has 5 rings (SSSR count). The average molecular weight is 402 g/mol. The zero-order chi connectivity index (χ0) is 20.2. The molecule has 0 bridgehead atoms. The molecule has 1 atom stereocenters. The van der Waals surface area contributed by atoms with E-state index in [2.05, 4.69) is 54.6 Å². The van der Waals surface area contributed by atoms with Crippen LogP contribution in [0.4, 0.5) is 0 Å². The van der Waals surface area contributed by atoms with Gasteiger partial charge in [0.1, 0.15) is 18.5 Å². The van der Waals surface area contributed by atoms with Gasteiger partial charge in [0.2, 0.25) is 0 Å². The van der Waals surface area contributed by atoms with E-state index in [0.717, 1.165) is 18.8 Å². The molecule has 4 nitrogen and oxygen atoms in total. The predicted molar refractivity (Wildman–Crippen MR) is 117 cm³/mol. The second-order valence-electron chi connectivity index (χ2n) is 7.68. The molecule has 0 amide bonds. The molecule has 3 aromatic rings. The van der Waals surface area contributed by atoms with Gasteiger partial charge in [0.25, 0.3) is 0 Å². The van der Waals surface area contributed by atoms with Crippen LogP contribution in [0.5, 0.6) is 5.75 Å². The molecule has 3 aromatic carbocycles. The Balaban J connectivity index is 1.13. The highest BCUT2D eigenvalue weighted by Gasteiger charge is 2.22. The average Bonchev–Trinajstić information content (AvgIpc) is 3.54. The van der Waals surface area contributed by atoms with Crippen molar-refractivity contribution in [2.75, 3.05) is 39.6 Å². The van der Waals surface area contributed by atoms with Gasteiger partial charge in [0.05, 0.1) is 33.0 Å². The van der Waals surface area contributed by atoms with Crippen LogP contribution in [0.2, 0.25) is 0 Å². The van der Waals surface area contributed by atoms with E-state index in [1.165, 1.54) is 33.4 Å². The quantitative estimate of drug-likeness (QED) is 0.284. The van der Waals surface area contributed by atoms with Gasteiger partial charge in [0, 0.05) is 0 Å². The molecule has 0 spiro atoms. The first kappa shape index (κ1) is 19.3. The SMILES string of the molecule is c1ccc2c(c1)Cc1c(-c3ccc(OCCOCCOCC4CO4)cc3)cccc1-2. The van der Waals surface area contributed by atoms with Crippen molar-refractivity contribution in [1.29, 1.82) is 0 Å². The molecular weight excluding hydrogens is 376 g/mol. The van der Waals surface area contributed by atoms with Crippen LogP contribution in [-0.4, -0.2) is 45.7 Å². The molecular formula is C26H26O4. The topological polar surface area (TPSA) is 40.2 Å². The van der Waals surface area contributed by atoms with Gasteiger partial charge in [-0.05, 0) is 51.9 Å². The number of ether oxygens (including phenoxy) is 4. The summed E-state index contributed by atoms with van der Waals surface area (Å²) in [6.07, 6.45) is 1.30. The maximum absolute atomic E-state index is 5.81. The third kappa shape index (κ3) is 4.41. The fourth-order valence-electron chi connectivity index (χ4n) is 3.98. The molecule has 0 N–H and O–H groups in total. The van der Waals surface area contributed by atoms with Crippen LogP contribution >= 0.6 is 0 Å². The molecule has 1 aliphatic carbocycles. The van der Waals surface area contributed by atoms with Crippen LogP contribution in [0, 0.1) is 0 Å². The smallest absolute Gasteiger partial charge is 0.119 e. The molecule has 1 heterocycles. The van der Waals surface area contributed by atoms with E-state index >= 15 is 0 Å². The van der Waals surface area contributed by atoms with Crippen LogP contribution < -0.4 is 4.74 Å². The molecule has 154 valence electrons.